The quantitative estimate of drug-likeness (QED) is 0.754. The van der Waals surface area contributed by atoms with Gasteiger partial charge in [0.2, 0.25) is 0 Å². The Morgan fingerprint density at radius 1 is 1.17 bits per heavy atom. The van der Waals surface area contributed by atoms with E-state index in [1.165, 1.54) is 6.08 Å². The summed E-state index contributed by atoms with van der Waals surface area (Å²) >= 11 is 0. The molecule has 0 spiro atoms. The molecule has 0 aliphatic carbocycles. The Bertz CT molecular complexity index is 537. The fourth-order valence-electron chi connectivity index (χ4n) is 2.02. The molecule has 0 aromatic heterocycles. The molecular weight excluding hydrogens is 228 g/mol. The van der Waals surface area contributed by atoms with Crippen LogP contribution < -0.4 is 0 Å². The average Bonchev–Trinajstić information content (AvgIpc) is 2.83. The van der Waals surface area contributed by atoms with Gasteiger partial charge in [-0.1, -0.05) is 30.3 Å². The molecule has 0 saturated carbocycles. The summed E-state index contributed by atoms with van der Waals surface area (Å²) < 4.78 is 5.11. The highest BCUT2D eigenvalue weighted by Gasteiger charge is 2.34. The SMILES string of the molecule is N#CC(C#N)[C@H](c1ccccc1)[C@@H]1C=CC(=O)O1. The molecule has 88 valence electrons. The Kier molecular flexibility index (Phi) is 3.41. The van der Waals surface area contributed by atoms with E-state index in [9.17, 15) is 4.79 Å². The van der Waals surface area contributed by atoms with Crippen molar-refractivity contribution in [1.29, 1.82) is 10.5 Å². The lowest BCUT2D eigenvalue weighted by Gasteiger charge is -2.22. The maximum Gasteiger partial charge on any atom is 0.331 e. The molecule has 0 amide bonds. The van der Waals surface area contributed by atoms with Crippen LogP contribution in [-0.4, -0.2) is 12.1 Å². The molecule has 1 aliphatic rings. The Balaban J connectivity index is 2.36. The van der Waals surface area contributed by atoms with E-state index in [4.69, 9.17) is 15.3 Å². The van der Waals surface area contributed by atoms with Gasteiger partial charge in [0.25, 0.3) is 0 Å². The second-order valence-corrected chi connectivity index (χ2v) is 3.93. The van der Waals surface area contributed by atoms with E-state index in [1.54, 1.807) is 6.08 Å². The van der Waals surface area contributed by atoms with Crippen molar-refractivity contribution in [1.82, 2.24) is 0 Å². The van der Waals surface area contributed by atoms with Crippen molar-refractivity contribution in [2.24, 2.45) is 5.92 Å². The Morgan fingerprint density at radius 2 is 1.83 bits per heavy atom. The van der Waals surface area contributed by atoms with Crippen LogP contribution in [0.4, 0.5) is 0 Å². The van der Waals surface area contributed by atoms with Crippen LogP contribution in [0.1, 0.15) is 11.5 Å². The highest BCUT2D eigenvalue weighted by Crippen LogP contribution is 2.32. The summed E-state index contributed by atoms with van der Waals surface area (Å²) in [6, 6.07) is 13.1. The van der Waals surface area contributed by atoms with Crippen molar-refractivity contribution in [2.75, 3.05) is 0 Å². The van der Waals surface area contributed by atoms with Gasteiger partial charge in [-0.25, -0.2) is 4.79 Å². The van der Waals surface area contributed by atoms with E-state index in [1.807, 2.05) is 42.5 Å². The zero-order chi connectivity index (χ0) is 13.0. The first-order valence-corrected chi connectivity index (χ1v) is 5.49. The first kappa shape index (κ1) is 11.9. The van der Waals surface area contributed by atoms with Crippen LogP contribution in [0.15, 0.2) is 42.5 Å². The largest absolute Gasteiger partial charge is 0.454 e. The average molecular weight is 238 g/mol. The van der Waals surface area contributed by atoms with Gasteiger partial charge in [-0.15, -0.1) is 0 Å². The van der Waals surface area contributed by atoms with Crippen LogP contribution in [-0.2, 0) is 9.53 Å². The van der Waals surface area contributed by atoms with Gasteiger partial charge in [0.05, 0.1) is 18.1 Å². The summed E-state index contributed by atoms with van der Waals surface area (Å²) in [5.41, 5.74) is 0.815. The zero-order valence-corrected chi connectivity index (χ0v) is 9.48. The molecule has 1 heterocycles. The molecule has 0 saturated heterocycles. The molecule has 0 bridgehead atoms. The number of hydrogen-bond donors (Lipinski definition) is 0. The van der Waals surface area contributed by atoms with E-state index in [0.29, 0.717) is 0 Å². The van der Waals surface area contributed by atoms with Crippen molar-refractivity contribution < 1.29 is 9.53 Å². The number of esters is 1. The van der Waals surface area contributed by atoms with E-state index in [2.05, 4.69) is 0 Å². The number of ether oxygens (including phenoxy) is 1. The third kappa shape index (κ3) is 2.23. The summed E-state index contributed by atoms with van der Waals surface area (Å²) in [4.78, 5) is 11.1. The summed E-state index contributed by atoms with van der Waals surface area (Å²) in [5, 5.41) is 18.1. The maximum atomic E-state index is 11.1. The maximum absolute atomic E-state index is 11.1. The first-order valence-electron chi connectivity index (χ1n) is 5.49. The predicted molar refractivity (Wildman–Crippen MR) is 62.9 cm³/mol. The normalized spacial score (nSPS) is 19.1. The third-order valence-electron chi connectivity index (χ3n) is 2.85. The number of nitrogens with zero attached hydrogens (tertiary/aromatic N) is 2. The van der Waals surface area contributed by atoms with Gasteiger partial charge in [-0.05, 0) is 11.6 Å². The van der Waals surface area contributed by atoms with Crippen molar-refractivity contribution in [3.05, 3.63) is 48.0 Å². The monoisotopic (exact) mass is 238 g/mol. The van der Waals surface area contributed by atoms with Crippen molar-refractivity contribution in [2.45, 2.75) is 12.0 Å². The molecular formula is C14H10N2O2. The molecule has 0 radical (unpaired) electrons. The molecule has 0 unspecified atom stereocenters. The summed E-state index contributed by atoms with van der Waals surface area (Å²) in [6.45, 7) is 0. The lowest BCUT2D eigenvalue weighted by atomic mass is 9.83. The minimum Gasteiger partial charge on any atom is -0.454 e. The van der Waals surface area contributed by atoms with Crippen LogP contribution in [0.5, 0.6) is 0 Å². The van der Waals surface area contributed by atoms with Crippen molar-refractivity contribution in [3.63, 3.8) is 0 Å². The molecule has 1 aliphatic heterocycles. The number of carbonyl (C=O) groups is 1. The molecule has 4 nitrogen and oxygen atoms in total. The molecule has 18 heavy (non-hydrogen) atoms. The third-order valence-corrected chi connectivity index (χ3v) is 2.85. The summed E-state index contributed by atoms with van der Waals surface area (Å²) in [6.07, 6.45) is 2.37. The number of benzene rings is 1. The minimum atomic E-state index is -0.854. The smallest absolute Gasteiger partial charge is 0.331 e. The standard InChI is InChI=1S/C14H10N2O2/c15-8-11(9-16)14(10-4-2-1-3-5-10)12-6-7-13(17)18-12/h1-7,11-12,14H/t12-,14-/m0/s1. The van der Waals surface area contributed by atoms with Gasteiger partial charge in [-0.2, -0.15) is 10.5 Å². The number of cyclic esters (lactones) is 1. The van der Waals surface area contributed by atoms with E-state index in [0.717, 1.165) is 5.56 Å². The lowest BCUT2D eigenvalue weighted by molar-refractivity contribution is -0.139. The Morgan fingerprint density at radius 3 is 2.33 bits per heavy atom. The van der Waals surface area contributed by atoms with E-state index < -0.39 is 23.9 Å². The highest BCUT2D eigenvalue weighted by molar-refractivity contribution is 5.84. The molecule has 0 fully saturated rings. The van der Waals surface area contributed by atoms with E-state index >= 15 is 0 Å². The molecule has 1 aromatic rings. The summed E-state index contributed by atoms with van der Waals surface area (Å²) in [7, 11) is 0. The van der Waals surface area contributed by atoms with Crippen LogP contribution in [0.3, 0.4) is 0 Å². The Hall–Kier alpha value is -2.59. The fourth-order valence-corrected chi connectivity index (χ4v) is 2.02. The second-order valence-electron chi connectivity index (χ2n) is 3.93. The molecule has 0 N–H and O–H groups in total. The number of rotatable bonds is 3. The van der Waals surface area contributed by atoms with Gasteiger partial charge >= 0.3 is 5.97 Å². The number of carbonyl (C=O) groups excluding carboxylic acids is 1. The molecule has 4 heteroatoms. The van der Waals surface area contributed by atoms with Crippen molar-refractivity contribution in [3.8, 4) is 12.1 Å². The van der Waals surface area contributed by atoms with Gasteiger partial charge < -0.3 is 4.74 Å². The Labute approximate surface area is 105 Å². The second kappa shape index (κ2) is 5.16. The molecule has 2 atom stereocenters. The van der Waals surface area contributed by atoms with E-state index in [-0.39, 0.29) is 0 Å². The fraction of sp³-hybridized carbons (Fsp3) is 0.214. The molecule has 2 rings (SSSR count). The van der Waals surface area contributed by atoms with Gasteiger partial charge in [0, 0.05) is 6.08 Å². The topological polar surface area (TPSA) is 73.9 Å². The number of hydrogen-bond acceptors (Lipinski definition) is 4. The predicted octanol–water partition coefficient (Wildman–Crippen LogP) is 1.92. The van der Waals surface area contributed by atoms with Gasteiger partial charge in [0.15, 0.2) is 0 Å². The van der Waals surface area contributed by atoms with Crippen LogP contribution in [0.2, 0.25) is 0 Å². The first-order chi connectivity index (χ1) is 8.76. The van der Waals surface area contributed by atoms with Crippen LogP contribution in [0, 0.1) is 28.6 Å². The van der Waals surface area contributed by atoms with Crippen LogP contribution in [0.25, 0.3) is 0 Å². The van der Waals surface area contributed by atoms with Crippen LogP contribution >= 0.6 is 0 Å². The summed E-state index contributed by atoms with van der Waals surface area (Å²) in [5.74, 6) is -1.74. The van der Waals surface area contributed by atoms with Crippen molar-refractivity contribution >= 4 is 5.97 Å². The highest BCUT2D eigenvalue weighted by atomic mass is 16.5. The minimum absolute atomic E-state index is 0.435. The van der Waals surface area contributed by atoms with Gasteiger partial charge in [0.1, 0.15) is 12.0 Å². The number of nitriles is 2. The zero-order valence-electron chi connectivity index (χ0n) is 9.48. The van der Waals surface area contributed by atoms with Gasteiger partial charge in [-0.3, -0.25) is 0 Å². The molecule has 1 aromatic carbocycles. The lowest BCUT2D eigenvalue weighted by Crippen LogP contribution is -2.24.